The Balaban J connectivity index is 0. The molecule has 0 N–H and O–H groups in total. The van der Waals surface area contributed by atoms with Crippen molar-refractivity contribution >= 4 is 82.1 Å². The normalized spacial score (nSPS) is 0. The van der Waals surface area contributed by atoms with Crippen molar-refractivity contribution in [1.29, 1.82) is 0 Å². The van der Waals surface area contributed by atoms with Gasteiger partial charge in [-0.05, 0) is 0 Å². The molecule has 0 atom stereocenters. The summed E-state index contributed by atoms with van der Waals surface area (Å²) in [4.78, 5) is 0. The first-order chi connectivity index (χ1) is 0. The van der Waals surface area contributed by atoms with Gasteiger partial charge in [0.1, 0.15) is 0 Å². The van der Waals surface area contributed by atoms with E-state index in [4.69, 9.17) is 0 Å². The SMILES string of the molecule is [Ca+2].[Ce].[H-].[H-].[PbH2].[SeH2]. The van der Waals surface area contributed by atoms with Crippen LogP contribution in [0.25, 0.3) is 0 Å². The van der Waals surface area contributed by atoms with Gasteiger partial charge in [0.05, 0.1) is 0 Å². The number of rotatable bonds is 0. The van der Waals surface area contributed by atoms with Gasteiger partial charge in [-0.3, -0.25) is 0 Å². The zero-order valence-electron chi connectivity index (χ0n) is 4.41. The van der Waals surface area contributed by atoms with Gasteiger partial charge in [-0.15, -0.1) is 0 Å². The second-order valence-electron chi connectivity index (χ2n) is 0. The average molecular weight is 472 g/mol. The fraction of sp³-hybridized carbons (Fsp3) is 0. The van der Waals surface area contributed by atoms with Crippen LogP contribution in [0.1, 0.15) is 2.85 Å². The van der Waals surface area contributed by atoms with Crippen LogP contribution in [0.15, 0.2) is 0 Å². The van der Waals surface area contributed by atoms with Crippen molar-refractivity contribution in [3.63, 3.8) is 0 Å². The van der Waals surface area contributed by atoms with Gasteiger partial charge in [-0.2, -0.15) is 0 Å². The molecule has 0 heterocycles. The van der Waals surface area contributed by atoms with Crippen molar-refractivity contribution in [3.8, 4) is 0 Å². The van der Waals surface area contributed by atoms with Crippen molar-refractivity contribution in [2.24, 2.45) is 0 Å². The number of hydrogen-bond donors (Lipinski definition) is 0. The van der Waals surface area contributed by atoms with E-state index in [-0.39, 0.29) is 127 Å². The van der Waals surface area contributed by atoms with Crippen molar-refractivity contribution < 1.29 is 44.6 Å². The van der Waals surface area contributed by atoms with E-state index in [0.717, 1.165) is 0 Å². The third kappa shape index (κ3) is 9.42. The summed E-state index contributed by atoms with van der Waals surface area (Å²) >= 11 is 0. The molecule has 0 nitrogen and oxygen atoms in total. The first kappa shape index (κ1) is 24.3. The van der Waals surface area contributed by atoms with Crippen LogP contribution in [0.5, 0.6) is 0 Å². The van der Waals surface area contributed by atoms with Gasteiger partial charge in [-0.1, -0.05) is 0 Å². The van der Waals surface area contributed by atoms with Gasteiger partial charge in [0, 0.05) is 41.7 Å². The van der Waals surface area contributed by atoms with E-state index >= 15 is 0 Å². The monoisotopic (exact) mass is 474 g/mol. The molecule has 0 aromatic carbocycles. The van der Waals surface area contributed by atoms with E-state index < -0.39 is 0 Å². The Morgan fingerprint density at radius 2 is 1.25 bits per heavy atom. The van der Waals surface area contributed by atoms with Crippen LogP contribution in [0, 0.1) is 41.7 Å². The van der Waals surface area contributed by atoms with Crippen LogP contribution in [0.2, 0.25) is 0 Å². The van der Waals surface area contributed by atoms with Crippen LogP contribution < -0.4 is 0 Å². The maximum absolute atomic E-state index is 0. The van der Waals surface area contributed by atoms with E-state index in [1.54, 1.807) is 0 Å². The second-order valence-corrected chi connectivity index (χ2v) is 0. The third-order valence-electron chi connectivity index (χ3n) is 0. The molecule has 2 radical (unpaired) electrons. The molecule has 0 aliphatic heterocycles. The van der Waals surface area contributed by atoms with E-state index in [1.165, 1.54) is 0 Å². The summed E-state index contributed by atoms with van der Waals surface area (Å²) in [5.74, 6) is 0. The summed E-state index contributed by atoms with van der Waals surface area (Å²) in [5.41, 5.74) is 0. The Morgan fingerprint density at radius 1 is 1.25 bits per heavy atom. The Bertz CT molecular complexity index is 13.5. The minimum atomic E-state index is 0. The molecule has 0 aromatic rings. The molecule has 0 aromatic heterocycles. The Labute approximate surface area is 123 Å². The average Bonchev–Trinajstić information content (AvgIpc) is 0. The van der Waals surface area contributed by atoms with Crippen LogP contribution in [0.4, 0.5) is 0 Å². The molecule has 0 aliphatic carbocycles. The molecule has 4 heteroatoms. The number of hydrogen-bond acceptors (Lipinski definition) is 0. The third-order valence-corrected chi connectivity index (χ3v) is 0. The summed E-state index contributed by atoms with van der Waals surface area (Å²) in [6.07, 6.45) is 0. The van der Waals surface area contributed by atoms with Crippen LogP contribution in [-0.4, -0.2) is 82.1 Å². The topological polar surface area (TPSA) is 0 Å². The fourth-order valence-corrected chi connectivity index (χ4v) is 0. The molecular formula is H6CaCePbSe. The summed E-state index contributed by atoms with van der Waals surface area (Å²) in [6.45, 7) is 0. The summed E-state index contributed by atoms with van der Waals surface area (Å²) in [7, 11) is 0. The maximum atomic E-state index is 0. The molecule has 0 rings (SSSR count). The first-order valence-corrected chi connectivity index (χ1v) is 0. The minimum absolute atomic E-state index is 0. The Hall–Kier alpha value is 4.08. The van der Waals surface area contributed by atoms with Gasteiger partial charge >= 0.3 is 82.1 Å². The van der Waals surface area contributed by atoms with Crippen molar-refractivity contribution in [3.05, 3.63) is 0 Å². The first-order valence-electron chi connectivity index (χ1n) is 0. The van der Waals surface area contributed by atoms with Crippen LogP contribution >= 0.6 is 0 Å². The van der Waals surface area contributed by atoms with Gasteiger partial charge < -0.3 is 2.85 Å². The Kier molecular flexibility index (Phi) is 95.7. The molecular weight excluding hydrogens is 466 g/mol. The fourth-order valence-electron chi connectivity index (χ4n) is 0. The van der Waals surface area contributed by atoms with Crippen LogP contribution in [0.3, 0.4) is 0 Å². The van der Waals surface area contributed by atoms with Gasteiger partial charge in [-0.25, -0.2) is 0 Å². The Morgan fingerprint density at radius 3 is 1.25 bits per heavy atom. The van der Waals surface area contributed by atoms with E-state index in [0.29, 0.717) is 0 Å². The van der Waals surface area contributed by atoms with Crippen molar-refractivity contribution in [1.82, 2.24) is 0 Å². The molecule has 22 valence electrons. The van der Waals surface area contributed by atoms with Gasteiger partial charge in [0.25, 0.3) is 0 Å². The standard InChI is InChI=1S/Ca.Ce.Pb.H2Se.4H/h;;;1H2;;;;/q+2;;;;;;2*-1. The molecule has 0 spiro atoms. The second kappa shape index (κ2) is 15.7. The van der Waals surface area contributed by atoms with E-state index in [1.807, 2.05) is 0 Å². The molecule has 0 saturated carbocycles. The zero-order valence-corrected chi connectivity index (χ0v) is 15.4. The van der Waals surface area contributed by atoms with E-state index in [9.17, 15) is 0 Å². The molecule has 0 unspecified atom stereocenters. The molecule has 4 heavy (non-hydrogen) atoms. The van der Waals surface area contributed by atoms with Gasteiger partial charge in [0.15, 0.2) is 0 Å². The molecule has 0 amide bonds. The van der Waals surface area contributed by atoms with Crippen molar-refractivity contribution in [2.45, 2.75) is 0 Å². The summed E-state index contributed by atoms with van der Waals surface area (Å²) in [6, 6.07) is 0. The molecule has 0 saturated heterocycles. The summed E-state index contributed by atoms with van der Waals surface area (Å²) in [5, 5.41) is 0. The van der Waals surface area contributed by atoms with Crippen LogP contribution in [-0.2, 0) is 0 Å². The summed E-state index contributed by atoms with van der Waals surface area (Å²) < 4.78 is 0. The molecule has 0 fully saturated rings. The molecule has 0 bridgehead atoms. The molecule has 0 aliphatic rings. The van der Waals surface area contributed by atoms with E-state index in [2.05, 4.69) is 0 Å². The zero-order chi connectivity index (χ0) is 0. The van der Waals surface area contributed by atoms with Gasteiger partial charge in [0.2, 0.25) is 0 Å². The predicted octanol–water partition coefficient (Wildman–Crippen LogP) is -1.99. The predicted molar refractivity (Wildman–Crippen MR) is 25.1 cm³/mol. The van der Waals surface area contributed by atoms with Crippen molar-refractivity contribution in [2.75, 3.05) is 0 Å². The quantitative estimate of drug-likeness (QED) is 0.359.